The number of benzene rings is 10. The summed E-state index contributed by atoms with van der Waals surface area (Å²) in [5.74, 6) is 1.67. The van der Waals surface area contributed by atoms with Gasteiger partial charge in [0, 0.05) is 45.1 Å². The van der Waals surface area contributed by atoms with Crippen molar-refractivity contribution in [3.63, 3.8) is 0 Å². The lowest BCUT2D eigenvalue weighted by Crippen LogP contribution is -2.16. The molecule has 0 bridgehead atoms. The van der Waals surface area contributed by atoms with E-state index in [0.717, 1.165) is 67.5 Å². The summed E-state index contributed by atoms with van der Waals surface area (Å²) in [6.07, 6.45) is 0. The standard InChI is InChI=1S/C61H44N2O/c1-61(2)52-26-13-12-24-50(52)59-53(61)27-15-28-54(59)63(48-37-35-44(36-38-48)43-33-31-42(32-34-43)41-17-6-3-7-18-41)49-39-45-19-14-25-51-58(45)57(40-49)64-56-30-16-29-55(60(51)56)62(46-20-8-4-9-21-46)47-22-10-5-11-23-47/h3-40H,1-2H3. The molecule has 1 heterocycles. The SMILES string of the molecule is CC1(C)c2ccccc2-c2c(N(c3ccc(-c4ccc(-c5ccccc5)cc4)cc3)c3cc4c5c(cccc5c3)-c3c(cccc3N(c3ccccc3)c3ccccc3)O4)cccc21. The highest BCUT2D eigenvalue weighted by Gasteiger charge is 2.38. The Kier molecular flexibility index (Phi) is 8.84. The summed E-state index contributed by atoms with van der Waals surface area (Å²) >= 11 is 0. The van der Waals surface area contributed by atoms with Crippen molar-refractivity contribution >= 4 is 44.9 Å². The summed E-state index contributed by atoms with van der Waals surface area (Å²) in [5, 5.41) is 2.22. The molecule has 3 heteroatoms. The molecule has 0 unspecified atom stereocenters. The second-order valence-corrected chi connectivity index (χ2v) is 17.3. The average molecular weight is 821 g/mol. The molecule has 12 rings (SSSR count). The summed E-state index contributed by atoms with van der Waals surface area (Å²) in [6, 6.07) is 83.1. The molecule has 0 amide bonds. The monoisotopic (exact) mass is 820 g/mol. The van der Waals surface area contributed by atoms with Crippen molar-refractivity contribution in [1.82, 2.24) is 0 Å². The van der Waals surface area contributed by atoms with Crippen LogP contribution in [0.1, 0.15) is 25.0 Å². The van der Waals surface area contributed by atoms with Gasteiger partial charge in [-0.1, -0.05) is 178 Å². The largest absolute Gasteiger partial charge is 0.456 e. The topological polar surface area (TPSA) is 15.7 Å². The number of anilines is 6. The molecule has 1 aliphatic carbocycles. The summed E-state index contributed by atoms with van der Waals surface area (Å²) in [4.78, 5) is 4.77. The van der Waals surface area contributed by atoms with Gasteiger partial charge in [0.1, 0.15) is 11.5 Å². The van der Waals surface area contributed by atoms with Crippen LogP contribution in [0.5, 0.6) is 11.5 Å². The third-order valence-corrected chi connectivity index (χ3v) is 13.2. The molecule has 3 nitrogen and oxygen atoms in total. The number of fused-ring (bicyclic) bond motifs is 5. The fraction of sp³-hybridized carbons (Fsp3) is 0.0492. The van der Waals surface area contributed by atoms with E-state index >= 15 is 0 Å². The predicted octanol–water partition coefficient (Wildman–Crippen LogP) is 17.2. The number of hydrogen-bond acceptors (Lipinski definition) is 3. The van der Waals surface area contributed by atoms with Gasteiger partial charge in [0.25, 0.3) is 0 Å². The Morgan fingerprint density at radius 2 is 0.828 bits per heavy atom. The molecule has 0 spiro atoms. The fourth-order valence-electron chi connectivity index (χ4n) is 10.2. The van der Waals surface area contributed by atoms with E-state index in [2.05, 4.69) is 254 Å². The number of nitrogens with zero attached hydrogens (tertiary/aromatic N) is 2. The minimum atomic E-state index is -0.147. The molecular formula is C61H44N2O. The van der Waals surface area contributed by atoms with Gasteiger partial charge in [-0.2, -0.15) is 0 Å². The maximum atomic E-state index is 7.12. The van der Waals surface area contributed by atoms with Gasteiger partial charge in [-0.15, -0.1) is 0 Å². The normalized spacial score (nSPS) is 12.8. The van der Waals surface area contributed by atoms with Crippen molar-refractivity contribution in [1.29, 1.82) is 0 Å². The van der Waals surface area contributed by atoms with Crippen LogP contribution in [0.15, 0.2) is 231 Å². The van der Waals surface area contributed by atoms with Crippen LogP contribution < -0.4 is 14.5 Å². The first-order valence-corrected chi connectivity index (χ1v) is 22.1. The lowest BCUT2D eigenvalue weighted by Gasteiger charge is -2.32. The van der Waals surface area contributed by atoms with Gasteiger partial charge in [-0.05, 0) is 111 Å². The Balaban J connectivity index is 1.02. The smallest absolute Gasteiger partial charge is 0.138 e. The Labute approximate surface area is 374 Å². The van der Waals surface area contributed by atoms with Gasteiger partial charge in [0.05, 0.1) is 17.1 Å². The summed E-state index contributed by atoms with van der Waals surface area (Å²) in [6.45, 7) is 4.70. The number of hydrogen-bond donors (Lipinski definition) is 0. The highest BCUT2D eigenvalue weighted by molar-refractivity contribution is 6.10. The molecule has 1 aliphatic heterocycles. The molecular weight excluding hydrogens is 777 g/mol. The Bertz CT molecular complexity index is 3320. The zero-order chi connectivity index (χ0) is 42.8. The summed E-state index contributed by atoms with van der Waals surface area (Å²) < 4.78 is 7.12. The average Bonchev–Trinajstić information content (AvgIpc) is 3.59. The van der Waals surface area contributed by atoms with E-state index in [9.17, 15) is 0 Å². The van der Waals surface area contributed by atoms with Gasteiger partial charge in [-0.3, -0.25) is 0 Å². The lowest BCUT2D eigenvalue weighted by atomic mass is 9.82. The first kappa shape index (κ1) is 37.6. The van der Waals surface area contributed by atoms with Gasteiger partial charge in [0.15, 0.2) is 0 Å². The molecule has 0 saturated heterocycles. The van der Waals surface area contributed by atoms with Crippen LogP contribution in [0.4, 0.5) is 34.1 Å². The van der Waals surface area contributed by atoms with Crippen molar-refractivity contribution in [2.24, 2.45) is 0 Å². The molecule has 2 aliphatic rings. The van der Waals surface area contributed by atoms with Crippen LogP contribution in [-0.2, 0) is 5.41 Å². The van der Waals surface area contributed by atoms with E-state index in [-0.39, 0.29) is 5.41 Å². The first-order chi connectivity index (χ1) is 31.5. The van der Waals surface area contributed by atoms with Crippen molar-refractivity contribution in [2.45, 2.75) is 19.3 Å². The molecule has 10 aromatic carbocycles. The Morgan fingerprint density at radius 3 is 1.50 bits per heavy atom. The van der Waals surface area contributed by atoms with Crippen molar-refractivity contribution in [3.8, 4) is 56.0 Å². The van der Waals surface area contributed by atoms with Crippen molar-refractivity contribution in [3.05, 3.63) is 242 Å². The highest BCUT2D eigenvalue weighted by atomic mass is 16.5. The zero-order valence-corrected chi connectivity index (χ0v) is 35.7. The quantitative estimate of drug-likeness (QED) is 0.152. The number of ether oxygens (including phenoxy) is 1. The maximum absolute atomic E-state index is 7.12. The third kappa shape index (κ3) is 6.12. The van der Waals surface area contributed by atoms with Crippen LogP contribution in [0.25, 0.3) is 55.3 Å². The summed E-state index contributed by atoms with van der Waals surface area (Å²) in [5.41, 5.74) is 18.6. The molecule has 0 N–H and O–H groups in total. The van der Waals surface area contributed by atoms with Crippen LogP contribution in [-0.4, -0.2) is 0 Å². The number of para-hydroxylation sites is 2. The summed E-state index contributed by atoms with van der Waals surface area (Å²) in [7, 11) is 0. The van der Waals surface area contributed by atoms with Crippen LogP contribution in [0, 0.1) is 0 Å². The fourth-order valence-corrected chi connectivity index (χ4v) is 10.2. The first-order valence-electron chi connectivity index (χ1n) is 22.1. The maximum Gasteiger partial charge on any atom is 0.138 e. The van der Waals surface area contributed by atoms with Crippen molar-refractivity contribution in [2.75, 3.05) is 9.80 Å². The highest BCUT2D eigenvalue weighted by Crippen LogP contribution is 2.57. The van der Waals surface area contributed by atoms with Crippen LogP contribution in [0.3, 0.4) is 0 Å². The second kappa shape index (κ2) is 15.0. The van der Waals surface area contributed by atoms with Crippen LogP contribution in [0.2, 0.25) is 0 Å². The lowest BCUT2D eigenvalue weighted by molar-refractivity contribution is 0.487. The Morgan fingerprint density at radius 1 is 0.344 bits per heavy atom. The van der Waals surface area contributed by atoms with Gasteiger partial charge in [0.2, 0.25) is 0 Å². The van der Waals surface area contributed by atoms with E-state index in [4.69, 9.17) is 4.74 Å². The molecule has 0 aromatic heterocycles. The minimum Gasteiger partial charge on any atom is -0.456 e. The van der Waals surface area contributed by atoms with E-state index in [1.807, 2.05) is 0 Å². The number of rotatable bonds is 8. The van der Waals surface area contributed by atoms with E-state index < -0.39 is 0 Å². The van der Waals surface area contributed by atoms with Gasteiger partial charge < -0.3 is 14.5 Å². The van der Waals surface area contributed by atoms with Gasteiger partial charge in [-0.25, -0.2) is 0 Å². The Hall–Kier alpha value is -8.14. The van der Waals surface area contributed by atoms with Crippen LogP contribution >= 0.6 is 0 Å². The van der Waals surface area contributed by atoms with E-state index in [0.29, 0.717) is 0 Å². The molecule has 0 fully saturated rings. The van der Waals surface area contributed by atoms with E-state index in [1.54, 1.807) is 0 Å². The molecule has 64 heavy (non-hydrogen) atoms. The van der Waals surface area contributed by atoms with E-state index in [1.165, 1.54) is 44.5 Å². The molecule has 0 atom stereocenters. The third-order valence-electron chi connectivity index (χ3n) is 13.2. The molecule has 304 valence electrons. The predicted molar refractivity (Wildman–Crippen MR) is 267 cm³/mol. The zero-order valence-electron chi connectivity index (χ0n) is 35.7. The van der Waals surface area contributed by atoms with Gasteiger partial charge >= 0.3 is 0 Å². The second-order valence-electron chi connectivity index (χ2n) is 17.3. The molecule has 0 saturated carbocycles. The van der Waals surface area contributed by atoms with Crippen molar-refractivity contribution < 1.29 is 4.74 Å². The minimum absolute atomic E-state index is 0.147. The molecule has 10 aromatic rings. The molecule has 0 radical (unpaired) electrons.